The third-order valence-electron chi connectivity index (χ3n) is 2.76. The molecule has 0 unspecified atom stereocenters. The summed E-state index contributed by atoms with van der Waals surface area (Å²) in [5.74, 6) is 6.90. The lowest BCUT2D eigenvalue weighted by Crippen LogP contribution is -1.94. The van der Waals surface area contributed by atoms with Crippen LogP contribution < -0.4 is 5.73 Å². The van der Waals surface area contributed by atoms with Crippen molar-refractivity contribution in [3.8, 4) is 11.8 Å². The fourth-order valence-corrected chi connectivity index (χ4v) is 2.73. The molecule has 0 amide bonds. The molecule has 102 valence electrons. The topological polar surface area (TPSA) is 26.0 Å². The van der Waals surface area contributed by atoms with Crippen molar-refractivity contribution in [2.75, 3.05) is 6.54 Å². The molecule has 0 atom stereocenters. The molecule has 0 aliphatic carbocycles. The number of hydrogen-bond acceptors (Lipinski definition) is 2. The van der Waals surface area contributed by atoms with Gasteiger partial charge in [0.05, 0.1) is 6.54 Å². The Kier molecular flexibility index (Phi) is 5.67. The van der Waals surface area contributed by atoms with Crippen molar-refractivity contribution < 1.29 is 4.39 Å². The molecule has 0 bridgehead atoms. The Morgan fingerprint density at radius 2 is 1.85 bits per heavy atom. The van der Waals surface area contributed by atoms with E-state index in [1.807, 2.05) is 24.3 Å². The molecule has 20 heavy (non-hydrogen) atoms. The van der Waals surface area contributed by atoms with Gasteiger partial charge in [-0.2, -0.15) is 11.8 Å². The predicted molar refractivity (Wildman–Crippen MR) is 83.8 cm³/mol. The van der Waals surface area contributed by atoms with Crippen LogP contribution in [0.2, 0.25) is 0 Å². The van der Waals surface area contributed by atoms with Crippen molar-refractivity contribution in [2.24, 2.45) is 5.73 Å². The first-order chi connectivity index (χ1) is 9.79. The summed E-state index contributed by atoms with van der Waals surface area (Å²) in [7, 11) is 0. The van der Waals surface area contributed by atoms with E-state index in [0.29, 0.717) is 16.9 Å². The summed E-state index contributed by atoms with van der Waals surface area (Å²) in [5.41, 5.74) is 7.93. The minimum atomic E-state index is -0.200. The largest absolute Gasteiger partial charge is 0.320 e. The van der Waals surface area contributed by atoms with Gasteiger partial charge in [-0.25, -0.2) is 4.39 Å². The van der Waals surface area contributed by atoms with Crippen LogP contribution in [-0.2, 0) is 11.5 Å². The first-order valence-corrected chi connectivity index (χ1v) is 7.54. The van der Waals surface area contributed by atoms with Gasteiger partial charge < -0.3 is 5.73 Å². The molecule has 0 aliphatic rings. The van der Waals surface area contributed by atoms with E-state index >= 15 is 0 Å². The van der Waals surface area contributed by atoms with E-state index in [1.54, 1.807) is 17.8 Å². The van der Waals surface area contributed by atoms with E-state index in [4.69, 9.17) is 5.73 Å². The maximum Gasteiger partial charge on any atom is 0.128 e. The molecule has 0 aliphatic heterocycles. The highest BCUT2D eigenvalue weighted by molar-refractivity contribution is 7.97. The zero-order chi connectivity index (χ0) is 14.2. The SMILES string of the molecule is NCC#Cc1ccc(CSCc2ccccc2)c(F)c1. The quantitative estimate of drug-likeness (QED) is 0.869. The summed E-state index contributed by atoms with van der Waals surface area (Å²) in [4.78, 5) is 0. The summed E-state index contributed by atoms with van der Waals surface area (Å²) in [6.07, 6.45) is 0. The van der Waals surface area contributed by atoms with Gasteiger partial charge in [-0.1, -0.05) is 48.2 Å². The Labute approximate surface area is 123 Å². The number of nitrogens with two attached hydrogens (primary N) is 1. The van der Waals surface area contributed by atoms with Crippen LogP contribution in [0.4, 0.5) is 4.39 Å². The lowest BCUT2D eigenvalue weighted by atomic mass is 10.1. The Bertz CT molecular complexity index is 614. The summed E-state index contributed by atoms with van der Waals surface area (Å²) < 4.78 is 13.9. The van der Waals surface area contributed by atoms with Gasteiger partial charge in [0.15, 0.2) is 0 Å². The number of halogens is 1. The molecular formula is C17H16FNS. The van der Waals surface area contributed by atoms with Crippen molar-refractivity contribution >= 4 is 11.8 Å². The number of rotatable bonds is 4. The molecule has 2 aromatic rings. The Morgan fingerprint density at radius 3 is 2.55 bits per heavy atom. The van der Waals surface area contributed by atoms with E-state index in [9.17, 15) is 4.39 Å². The lowest BCUT2D eigenvalue weighted by Gasteiger charge is -2.04. The minimum Gasteiger partial charge on any atom is -0.320 e. The third kappa shape index (κ3) is 4.41. The summed E-state index contributed by atoms with van der Waals surface area (Å²) in [5, 5.41) is 0. The molecule has 0 spiro atoms. The second kappa shape index (κ2) is 7.74. The zero-order valence-electron chi connectivity index (χ0n) is 11.1. The van der Waals surface area contributed by atoms with Gasteiger partial charge in [0, 0.05) is 17.1 Å². The fraction of sp³-hybridized carbons (Fsp3) is 0.176. The highest BCUT2D eigenvalue weighted by Crippen LogP contribution is 2.20. The second-order valence-corrected chi connectivity index (χ2v) is 5.28. The summed E-state index contributed by atoms with van der Waals surface area (Å²) in [6.45, 7) is 0.288. The van der Waals surface area contributed by atoms with Gasteiger partial charge in [0.25, 0.3) is 0 Å². The van der Waals surface area contributed by atoms with Crippen LogP contribution in [-0.4, -0.2) is 6.54 Å². The molecular weight excluding hydrogens is 269 g/mol. The normalized spacial score (nSPS) is 9.90. The monoisotopic (exact) mass is 285 g/mol. The minimum absolute atomic E-state index is 0.200. The van der Waals surface area contributed by atoms with Gasteiger partial charge in [-0.15, -0.1) is 0 Å². The molecule has 2 aromatic carbocycles. The molecule has 0 saturated heterocycles. The zero-order valence-corrected chi connectivity index (χ0v) is 11.9. The van der Waals surface area contributed by atoms with Crippen LogP contribution >= 0.6 is 11.8 Å². The first-order valence-electron chi connectivity index (χ1n) is 6.38. The van der Waals surface area contributed by atoms with Gasteiger partial charge in [-0.3, -0.25) is 0 Å². The van der Waals surface area contributed by atoms with Gasteiger partial charge in [-0.05, 0) is 23.3 Å². The number of benzene rings is 2. The molecule has 3 heteroatoms. The number of thioether (sulfide) groups is 1. The Hall–Kier alpha value is -1.76. The second-order valence-electron chi connectivity index (χ2n) is 4.29. The summed E-state index contributed by atoms with van der Waals surface area (Å²) in [6, 6.07) is 15.3. The van der Waals surface area contributed by atoms with Gasteiger partial charge >= 0.3 is 0 Å². The summed E-state index contributed by atoms with van der Waals surface area (Å²) >= 11 is 1.70. The van der Waals surface area contributed by atoms with Crippen LogP contribution in [0.1, 0.15) is 16.7 Å². The molecule has 0 aromatic heterocycles. The highest BCUT2D eigenvalue weighted by Gasteiger charge is 2.03. The van der Waals surface area contributed by atoms with Crippen LogP contribution in [0, 0.1) is 17.7 Å². The molecule has 2 N–H and O–H groups in total. The van der Waals surface area contributed by atoms with Crippen molar-refractivity contribution in [3.05, 3.63) is 71.0 Å². The molecule has 0 radical (unpaired) electrons. The van der Waals surface area contributed by atoms with Crippen LogP contribution in [0.15, 0.2) is 48.5 Å². The van der Waals surface area contributed by atoms with Crippen LogP contribution in [0.25, 0.3) is 0 Å². The van der Waals surface area contributed by atoms with Crippen molar-refractivity contribution in [1.82, 2.24) is 0 Å². The maximum absolute atomic E-state index is 13.9. The van der Waals surface area contributed by atoms with E-state index in [1.165, 1.54) is 11.6 Å². The van der Waals surface area contributed by atoms with E-state index in [-0.39, 0.29) is 12.4 Å². The molecule has 0 fully saturated rings. The standard InChI is InChI=1S/C17H16FNS/c18-17-11-14(7-4-10-19)8-9-16(17)13-20-12-15-5-2-1-3-6-15/h1-3,5-6,8-9,11H,10,12-13,19H2. The first kappa shape index (κ1) is 14.6. The van der Waals surface area contributed by atoms with E-state index < -0.39 is 0 Å². The van der Waals surface area contributed by atoms with Crippen molar-refractivity contribution in [3.63, 3.8) is 0 Å². The average molecular weight is 285 g/mol. The van der Waals surface area contributed by atoms with Gasteiger partial charge in [0.2, 0.25) is 0 Å². The smallest absolute Gasteiger partial charge is 0.128 e. The van der Waals surface area contributed by atoms with E-state index in [0.717, 1.165) is 5.75 Å². The molecule has 0 saturated carbocycles. The average Bonchev–Trinajstić information content (AvgIpc) is 2.48. The van der Waals surface area contributed by atoms with Crippen LogP contribution in [0.5, 0.6) is 0 Å². The predicted octanol–water partition coefficient (Wildman–Crippen LogP) is 3.57. The molecule has 2 rings (SSSR count). The van der Waals surface area contributed by atoms with E-state index in [2.05, 4.69) is 24.0 Å². The number of hydrogen-bond donors (Lipinski definition) is 1. The molecule has 1 nitrogen and oxygen atoms in total. The van der Waals surface area contributed by atoms with Crippen molar-refractivity contribution in [1.29, 1.82) is 0 Å². The lowest BCUT2D eigenvalue weighted by molar-refractivity contribution is 0.617. The Morgan fingerprint density at radius 1 is 1.05 bits per heavy atom. The van der Waals surface area contributed by atoms with Gasteiger partial charge in [0.1, 0.15) is 5.82 Å². The van der Waals surface area contributed by atoms with Crippen LogP contribution in [0.3, 0.4) is 0 Å². The highest BCUT2D eigenvalue weighted by atomic mass is 32.2. The third-order valence-corrected chi connectivity index (χ3v) is 3.81. The Balaban J connectivity index is 1.93. The molecule has 0 heterocycles. The van der Waals surface area contributed by atoms with Crippen molar-refractivity contribution in [2.45, 2.75) is 11.5 Å². The fourth-order valence-electron chi connectivity index (χ4n) is 1.75. The maximum atomic E-state index is 13.9.